The number of fused-ring (bicyclic) bond motifs is 1. The van der Waals surface area contributed by atoms with E-state index in [4.69, 9.17) is 15.5 Å². The number of phenols is 1. The maximum Gasteiger partial charge on any atom is 0.328 e. The number of rotatable bonds is 9. The minimum absolute atomic E-state index is 0.0546. The number of piperazine rings is 1. The number of imide groups is 1. The van der Waals surface area contributed by atoms with Crippen LogP contribution in [-0.2, 0) is 16.0 Å². The van der Waals surface area contributed by atoms with E-state index in [9.17, 15) is 19.5 Å². The topological polar surface area (TPSA) is 175 Å². The lowest BCUT2D eigenvalue weighted by atomic mass is 9.85. The molecule has 15 heteroatoms. The van der Waals surface area contributed by atoms with Crippen LogP contribution in [0.1, 0.15) is 79.6 Å². The molecule has 4 fully saturated rings. The minimum atomic E-state index is -0.393. The monoisotopic (exact) mass is 826 g/mol. The quantitative estimate of drug-likeness (QED) is 0.160. The van der Waals surface area contributed by atoms with Gasteiger partial charge >= 0.3 is 6.03 Å². The van der Waals surface area contributed by atoms with Crippen LogP contribution in [0.25, 0.3) is 22.3 Å². The van der Waals surface area contributed by atoms with Crippen LogP contribution in [0, 0.1) is 5.92 Å². The summed E-state index contributed by atoms with van der Waals surface area (Å²) in [6.45, 7) is 9.89. The molecule has 1 saturated carbocycles. The molecule has 61 heavy (non-hydrogen) atoms. The standard InChI is InChI=1S/C46H54N10O5/c1-3-31-27-56(44-37(31)22-35(24-48-44)55-17-16-42(58)49-46(55)60)34-14-8-30(9-15-34)26-52-18-20-53(21-19-52)45(59)33-12-10-32(11-13-33)41-28-54(25-29(2)61-41)39-23-38(50-51-43(39)47)36-6-4-5-7-40(36)57/h4-7,10-13,22-24,27,29-30,34,41,57H,3,8-9,14-21,25-26,28H2,1-2H3,(H2,47,51)(H,49,58,60)/t29-,30?,34?,41-/m0/s1. The number of urea groups is 1. The van der Waals surface area contributed by atoms with E-state index in [0.29, 0.717) is 67.3 Å². The van der Waals surface area contributed by atoms with E-state index in [1.54, 1.807) is 29.3 Å². The van der Waals surface area contributed by atoms with E-state index in [2.05, 4.69) is 43.0 Å². The highest BCUT2D eigenvalue weighted by Gasteiger charge is 2.32. The molecule has 0 radical (unpaired) electrons. The Morgan fingerprint density at radius 1 is 0.951 bits per heavy atom. The Kier molecular flexibility index (Phi) is 11.3. The Bertz CT molecular complexity index is 2420. The van der Waals surface area contributed by atoms with E-state index in [0.717, 1.165) is 79.7 Å². The number of aromatic nitrogens is 4. The van der Waals surface area contributed by atoms with Crippen LogP contribution >= 0.6 is 0 Å². The van der Waals surface area contributed by atoms with Crippen molar-refractivity contribution in [3.8, 4) is 17.0 Å². The molecule has 15 nitrogen and oxygen atoms in total. The Hall–Kier alpha value is -6.06. The number of nitrogen functional groups attached to an aromatic ring is 1. The average molecular weight is 827 g/mol. The average Bonchev–Trinajstić information content (AvgIpc) is 3.65. The molecule has 0 bridgehead atoms. The van der Waals surface area contributed by atoms with Crippen molar-refractivity contribution in [2.24, 2.45) is 5.92 Å². The molecule has 3 aromatic heterocycles. The molecule has 6 heterocycles. The largest absolute Gasteiger partial charge is 0.507 e. The smallest absolute Gasteiger partial charge is 0.328 e. The number of ether oxygens (including phenoxy) is 1. The van der Waals surface area contributed by atoms with E-state index in [1.165, 1.54) is 5.56 Å². The fourth-order valence-electron chi connectivity index (χ4n) is 9.63. The zero-order valence-corrected chi connectivity index (χ0v) is 34.9. The molecule has 4 aliphatic rings. The van der Waals surface area contributed by atoms with Crippen molar-refractivity contribution in [2.45, 2.75) is 70.6 Å². The van der Waals surface area contributed by atoms with Gasteiger partial charge in [0.25, 0.3) is 5.91 Å². The van der Waals surface area contributed by atoms with Gasteiger partial charge in [0.2, 0.25) is 5.91 Å². The third-order valence-electron chi connectivity index (χ3n) is 13.0. The van der Waals surface area contributed by atoms with Gasteiger partial charge in [0.1, 0.15) is 17.5 Å². The fourth-order valence-corrected chi connectivity index (χ4v) is 9.63. The van der Waals surface area contributed by atoms with Gasteiger partial charge in [-0.25, -0.2) is 9.78 Å². The second-order valence-electron chi connectivity index (χ2n) is 17.0. The number of para-hydroxylation sites is 1. The molecule has 1 aliphatic carbocycles. The van der Waals surface area contributed by atoms with Crippen molar-refractivity contribution >= 4 is 46.1 Å². The third-order valence-corrected chi connectivity index (χ3v) is 13.0. The summed E-state index contributed by atoms with van der Waals surface area (Å²) in [5.74, 6) is 0.870. The number of nitrogens with one attached hydrogen (secondary N) is 1. The lowest BCUT2D eigenvalue weighted by molar-refractivity contribution is -0.120. The highest BCUT2D eigenvalue weighted by Crippen LogP contribution is 2.38. The third kappa shape index (κ3) is 8.36. The second kappa shape index (κ2) is 17.1. The van der Waals surface area contributed by atoms with Gasteiger partial charge < -0.3 is 29.9 Å². The predicted molar refractivity (Wildman–Crippen MR) is 233 cm³/mol. The number of carbonyl (C=O) groups excluding carboxylic acids is 3. The van der Waals surface area contributed by atoms with Gasteiger partial charge in [-0.1, -0.05) is 31.2 Å². The predicted octanol–water partition coefficient (Wildman–Crippen LogP) is 5.95. The van der Waals surface area contributed by atoms with Crippen LogP contribution in [0.4, 0.5) is 22.0 Å². The first-order valence-corrected chi connectivity index (χ1v) is 21.7. The van der Waals surface area contributed by atoms with Gasteiger partial charge in [-0.15, -0.1) is 10.2 Å². The number of benzene rings is 2. The summed E-state index contributed by atoms with van der Waals surface area (Å²) in [5, 5.41) is 22.4. The van der Waals surface area contributed by atoms with Gasteiger partial charge in [0.15, 0.2) is 5.82 Å². The van der Waals surface area contributed by atoms with Gasteiger partial charge in [-0.05, 0) is 92.5 Å². The summed E-state index contributed by atoms with van der Waals surface area (Å²) in [7, 11) is 0. The molecule has 9 rings (SSSR count). The number of carbonyl (C=O) groups is 3. The highest BCUT2D eigenvalue weighted by atomic mass is 16.5. The Morgan fingerprint density at radius 2 is 1.72 bits per heavy atom. The lowest BCUT2D eigenvalue weighted by Gasteiger charge is -2.39. The zero-order chi connectivity index (χ0) is 42.2. The molecule has 0 spiro atoms. The van der Waals surface area contributed by atoms with Gasteiger partial charge in [-0.2, -0.15) is 0 Å². The van der Waals surface area contributed by atoms with Crippen molar-refractivity contribution in [3.63, 3.8) is 0 Å². The number of aromatic hydroxyl groups is 1. The highest BCUT2D eigenvalue weighted by molar-refractivity contribution is 6.06. The van der Waals surface area contributed by atoms with Gasteiger partial charge in [-0.3, -0.25) is 24.7 Å². The van der Waals surface area contributed by atoms with Gasteiger partial charge in [0.05, 0.1) is 29.4 Å². The van der Waals surface area contributed by atoms with Crippen LogP contribution in [-0.4, -0.2) is 111 Å². The van der Waals surface area contributed by atoms with Crippen LogP contribution in [0.15, 0.2) is 73.1 Å². The van der Waals surface area contributed by atoms with E-state index < -0.39 is 6.03 Å². The molecule has 5 aromatic rings. The first-order chi connectivity index (χ1) is 29.6. The molecule has 3 saturated heterocycles. The van der Waals surface area contributed by atoms with Gasteiger partial charge in [0, 0.05) is 87.5 Å². The minimum Gasteiger partial charge on any atom is -0.507 e. The molecular formula is C46H54N10O5. The van der Waals surface area contributed by atoms with E-state index >= 15 is 0 Å². The van der Waals surface area contributed by atoms with E-state index in [-0.39, 0.29) is 36.2 Å². The van der Waals surface area contributed by atoms with Crippen molar-refractivity contribution in [1.82, 2.24) is 34.9 Å². The molecule has 3 aliphatic heterocycles. The number of pyridine rings is 1. The molecule has 2 aromatic carbocycles. The summed E-state index contributed by atoms with van der Waals surface area (Å²) >= 11 is 0. The first kappa shape index (κ1) is 40.4. The van der Waals surface area contributed by atoms with Crippen LogP contribution in [0.3, 0.4) is 0 Å². The van der Waals surface area contributed by atoms with Crippen LogP contribution < -0.4 is 20.9 Å². The fraction of sp³-hybridized carbons (Fsp3) is 0.435. The lowest BCUT2D eigenvalue weighted by Crippen LogP contribution is -2.50. The maximum atomic E-state index is 13.7. The first-order valence-electron chi connectivity index (χ1n) is 21.7. The number of aryl methyl sites for hydroxylation is 1. The number of nitrogens with zero attached hydrogens (tertiary/aromatic N) is 8. The van der Waals surface area contributed by atoms with Crippen molar-refractivity contribution in [2.75, 3.05) is 67.9 Å². The number of hydrogen-bond donors (Lipinski definition) is 3. The summed E-state index contributed by atoms with van der Waals surface area (Å²) in [4.78, 5) is 51.0. The Morgan fingerprint density at radius 3 is 2.46 bits per heavy atom. The molecule has 318 valence electrons. The molecule has 4 N–H and O–H groups in total. The zero-order valence-electron chi connectivity index (χ0n) is 34.9. The number of amides is 4. The number of phenolic OH excluding ortho intramolecular Hbond substituents is 1. The second-order valence-corrected chi connectivity index (χ2v) is 17.0. The Balaban J connectivity index is 0.767. The molecule has 0 unspecified atom stereocenters. The maximum absolute atomic E-state index is 13.7. The van der Waals surface area contributed by atoms with Crippen LogP contribution in [0.5, 0.6) is 5.75 Å². The number of morpholine rings is 1. The summed E-state index contributed by atoms with van der Waals surface area (Å²) in [6.07, 6.45) is 9.31. The molecule has 2 atom stereocenters. The SMILES string of the molecule is CCc1cn(C2CCC(CN3CCN(C(=O)c4ccc([C@@H]5CN(c6cc(-c7ccccc7O)nnc6N)C[C@H](C)O5)cc4)CC3)CC2)c2ncc(N3CCC(=O)NC3=O)cc12. The van der Waals surface area contributed by atoms with Crippen molar-refractivity contribution in [3.05, 3.63) is 89.7 Å². The molecule has 4 amide bonds. The Labute approximate surface area is 355 Å². The summed E-state index contributed by atoms with van der Waals surface area (Å²) < 4.78 is 8.74. The number of hydrogen-bond acceptors (Lipinski definition) is 11. The molecular weight excluding hydrogens is 773 g/mol. The van der Waals surface area contributed by atoms with Crippen molar-refractivity contribution < 1.29 is 24.2 Å². The van der Waals surface area contributed by atoms with Crippen molar-refractivity contribution in [1.29, 1.82) is 0 Å². The van der Waals surface area contributed by atoms with E-state index in [1.807, 2.05) is 54.3 Å². The summed E-state index contributed by atoms with van der Waals surface area (Å²) in [6, 6.07) is 18.8. The summed E-state index contributed by atoms with van der Waals surface area (Å²) in [5.41, 5.74) is 12.8. The number of anilines is 3. The number of nitrogens with two attached hydrogens (primary N) is 1. The normalized spacial score (nSPS) is 22.8. The van der Waals surface area contributed by atoms with Crippen LogP contribution in [0.2, 0.25) is 0 Å².